The predicted octanol–water partition coefficient (Wildman–Crippen LogP) is 3.58. The summed E-state index contributed by atoms with van der Waals surface area (Å²) in [6.07, 6.45) is 13.7. The van der Waals surface area contributed by atoms with Crippen molar-refractivity contribution in [3.05, 3.63) is 89.4 Å². The Morgan fingerprint density at radius 2 is 1.69 bits per heavy atom. The molecule has 62 heavy (non-hydrogen) atoms. The number of rotatable bonds is 17. The Morgan fingerprint density at radius 3 is 2.44 bits per heavy atom. The number of unbranched alkanes of at least 4 members (excludes halogenated alkanes) is 1. The number of aromatic nitrogens is 2. The lowest BCUT2D eigenvalue weighted by Gasteiger charge is -2.35. The summed E-state index contributed by atoms with van der Waals surface area (Å²) >= 11 is 1.36. The van der Waals surface area contributed by atoms with E-state index in [4.69, 9.17) is 4.74 Å². The van der Waals surface area contributed by atoms with Crippen LogP contribution >= 0.6 is 11.8 Å². The molecule has 3 fully saturated rings. The molecule has 0 bridgehead atoms. The van der Waals surface area contributed by atoms with Crippen LogP contribution in [0.3, 0.4) is 0 Å². The fourth-order valence-corrected chi connectivity index (χ4v) is 9.14. The third-order valence-electron chi connectivity index (χ3n) is 11.7. The van der Waals surface area contributed by atoms with Gasteiger partial charge in [-0.05, 0) is 73.6 Å². The van der Waals surface area contributed by atoms with E-state index in [1.807, 2.05) is 34.1 Å². The standard InChI is InChI=1S/C45H52N8O8S/c54-38(13-9-32-6-4-18-46-29-32)47-19-2-1-5-31-15-20-52(21-16-31)43(58)33-10-12-37(48-30-33)50-22-24-51(25-23-50)40(56)17-26-61-27-28-62-36-8-3-7-34-41(36)45(60)53(44(34)59)35-11-14-39(55)49-42(35)57/h3-4,6-10,12-13,18,29-31,35H,1-2,5,11,14-17,19-28H2,(H,47,54)(H,49,55,57)/b13-9+. The molecule has 7 rings (SSSR count). The van der Waals surface area contributed by atoms with E-state index in [1.54, 1.807) is 42.9 Å². The van der Waals surface area contributed by atoms with Gasteiger partial charge in [0, 0.05) is 87.5 Å². The minimum Gasteiger partial charge on any atom is -0.380 e. The summed E-state index contributed by atoms with van der Waals surface area (Å²) in [5.74, 6) is -0.449. The Balaban J connectivity index is 0.747. The molecule has 4 aliphatic rings. The molecule has 326 valence electrons. The molecule has 1 atom stereocenters. The van der Waals surface area contributed by atoms with E-state index in [1.165, 1.54) is 17.8 Å². The number of benzene rings is 1. The minimum absolute atomic E-state index is 0.00286. The third-order valence-corrected chi connectivity index (χ3v) is 12.7. The number of nitrogens with zero attached hydrogens (tertiary/aromatic N) is 6. The highest BCUT2D eigenvalue weighted by molar-refractivity contribution is 7.99. The Hall–Kier alpha value is -5.94. The van der Waals surface area contributed by atoms with Crippen LogP contribution in [0.25, 0.3) is 6.08 Å². The molecule has 6 heterocycles. The zero-order valence-corrected chi connectivity index (χ0v) is 35.5. The van der Waals surface area contributed by atoms with Crippen molar-refractivity contribution in [3.63, 3.8) is 0 Å². The molecule has 1 aromatic carbocycles. The first-order valence-corrected chi connectivity index (χ1v) is 22.3. The Labute approximate surface area is 364 Å². The molecular formula is C45H52N8O8S. The average Bonchev–Trinajstić information content (AvgIpc) is 3.55. The zero-order chi connectivity index (χ0) is 43.4. The van der Waals surface area contributed by atoms with Crippen molar-refractivity contribution in [1.29, 1.82) is 0 Å². The van der Waals surface area contributed by atoms with E-state index in [0.717, 1.165) is 61.5 Å². The summed E-state index contributed by atoms with van der Waals surface area (Å²) in [7, 11) is 0. The van der Waals surface area contributed by atoms with E-state index in [-0.39, 0.29) is 54.7 Å². The summed E-state index contributed by atoms with van der Waals surface area (Å²) in [5.41, 5.74) is 1.94. The van der Waals surface area contributed by atoms with Crippen molar-refractivity contribution in [2.24, 2.45) is 5.92 Å². The quantitative estimate of drug-likeness (QED) is 0.0870. The number of ether oxygens (including phenoxy) is 1. The monoisotopic (exact) mass is 864 g/mol. The topological polar surface area (TPSA) is 192 Å². The second kappa shape index (κ2) is 21.2. The van der Waals surface area contributed by atoms with E-state index in [2.05, 4.69) is 25.5 Å². The maximum atomic E-state index is 13.3. The summed E-state index contributed by atoms with van der Waals surface area (Å²) in [4.78, 5) is 105. The molecule has 4 aliphatic heterocycles. The Morgan fingerprint density at radius 1 is 0.871 bits per heavy atom. The van der Waals surface area contributed by atoms with Gasteiger partial charge >= 0.3 is 0 Å². The third kappa shape index (κ3) is 11.1. The smallest absolute Gasteiger partial charge is 0.263 e. The molecule has 0 spiro atoms. The number of piperazine rings is 1. The van der Waals surface area contributed by atoms with Gasteiger partial charge in [-0.3, -0.25) is 48.8 Å². The molecule has 3 saturated heterocycles. The van der Waals surface area contributed by atoms with Crippen LogP contribution in [0.15, 0.2) is 72.0 Å². The summed E-state index contributed by atoms with van der Waals surface area (Å²) in [6.45, 7) is 4.99. The van der Waals surface area contributed by atoms with Crippen LogP contribution in [0.4, 0.5) is 5.82 Å². The number of carbonyl (C=O) groups excluding carboxylic acids is 7. The second-order valence-electron chi connectivity index (χ2n) is 15.8. The molecule has 0 saturated carbocycles. The summed E-state index contributed by atoms with van der Waals surface area (Å²) < 4.78 is 5.76. The fraction of sp³-hybridized carbons (Fsp3) is 0.444. The number of likely N-dealkylation sites (tertiary alicyclic amines) is 1. The highest BCUT2D eigenvalue weighted by Crippen LogP contribution is 2.34. The molecule has 1 unspecified atom stereocenters. The largest absolute Gasteiger partial charge is 0.380 e. The van der Waals surface area contributed by atoms with Crippen molar-refractivity contribution in [1.82, 2.24) is 35.3 Å². The average molecular weight is 865 g/mol. The van der Waals surface area contributed by atoms with Gasteiger partial charge in [0.25, 0.3) is 17.7 Å². The SMILES string of the molecule is O=C(/C=C/c1cccnc1)NCCCCC1CCN(C(=O)c2ccc(N3CCN(C(=O)CCOCCSc4cccc5c4C(=O)N(C4CCC(=O)NC4=O)C5=O)CC3)nc2)CC1. The van der Waals surface area contributed by atoms with Crippen LogP contribution < -0.4 is 15.5 Å². The number of pyridine rings is 2. The number of hydrogen-bond acceptors (Lipinski definition) is 12. The molecular weight excluding hydrogens is 813 g/mol. The van der Waals surface area contributed by atoms with E-state index < -0.39 is 29.7 Å². The number of piperidine rings is 2. The van der Waals surface area contributed by atoms with E-state index in [9.17, 15) is 33.6 Å². The van der Waals surface area contributed by atoms with Gasteiger partial charge in [0.15, 0.2) is 0 Å². The first kappa shape index (κ1) is 44.1. The highest BCUT2D eigenvalue weighted by atomic mass is 32.2. The number of imide groups is 2. The van der Waals surface area contributed by atoms with E-state index >= 15 is 0 Å². The number of carbonyl (C=O) groups is 7. The van der Waals surface area contributed by atoms with Gasteiger partial charge < -0.3 is 24.8 Å². The molecule has 0 aliphatic carbocycles. The van der Waals surface area contributed by atoms with Crippen molar-refractivity contribution < 1.29 is 38.3 Å². The first-order valence-electron chi connectivity index (χ1n) is 21.4. The fourth-order valence-electron chi connectivity index (χ4n) is 8.20. The molecule has 17 heteroatoms. The normalized spacial score (nSPS) is 18.4. The maximum Gasteiger partial charge on any atom is 0.263 e. The maximum absolute atomic E-state index is 13.3. The van der Waals surface area contributed by atoms with Gasteiger partial charge in [-0.2, -0.15) is 0 Å². The lowest BCUT2D eigenvalue weighted by atomic mass is 9.91. The predicted molar refractivity (Wildman–Crippen MR) is 231 cm³/mol. The van der Waals surface area contributed by atoms with Gasteiger partial charge in [-0.15, -0.1) is 11.8 Å². The number of fused-ring (bicyclic) bond motifs is 1. The molecule has 16 nitrogen and oxygen atoms in total. The lowest BCUT2D eigenvalue weighted by Crippen LogP contribution is -2.54. The van der Waals surface area contributed by atoms with E-state index in [0.29, 0.717) is 61.5 Å². The van der Waals surface area contributed by atoms with Crippen LogP contribution in [-0.4, -0.2) is 137 Å². The minimum atomic E-state index is -1.02. The molecule has 0 radical (unpaired) electrons. The number of hydrogen-bond donors (Lipinski definition) is 2. The van der Waals surface area contributed by atoms with Crippen LogP contribution in [-0.2, 0) is 23.9 Å². The van der Waals surface area contributed by atoms with Gasteiger partial charge in [-0.1, -0.05) is 25.0 Å². The van der Waals surface area contributed by atoms with Gasteiger partial charge in [0.05, 0.1) is 36.3 Å². The summed E-state index contributed by atoms with van der Waals surface area (Å²) in [5, 5.41) is 5.15. The van der Waals surface area contributed by atoms with Gasteiger partial charge in [-0.25, -0.2) is 4.98 Å². The van der Waals surface area contributed by atoms with Crippen molar-refractivity contribution in [2.75, 3.05) is 69.7 Å². The molecule has 3 aromatic rings. The summed E-state index contributed by atoms with van der Waals surface area (Å²) in [6, 6.07) is 11.4. The molecule has 2 N–H and O–H groups in total. The Bertz CT molecular complexity index is 2150. The molecule has 2 aromatic heterocycles. The molecule has 7 amide bonds. The highest BCUT2D eigenvalue weighted by Gasteiger charge is 2.45. The van der Waals surface area contributed by atoms with Gasteiger partial charge in [0.1, 0.15) is 11.9 Å². The number of anilines is 1. The number of nitrogens with one attached hydrogen (secondary N) is 2. The van der Waals surface area contributed by atoms with Gasteiger partial charge in [0.2, 0.25) is 23.6 Å². The van der Waals surface area contributed by atoms with Crippen molar-refractivity contribution >= 4 is 65.0 Å². The first-order chi connectivity index (χ1) is 30.2. The number of amides is 7. The Kier molecular flexibility index (Phi) is 15.1. The van der Waals surface area contributed by atoms with Crippen molar-refractivity contribution in [2.45, 2.75) is 62.3 Å². The van der Waals surface area contributed by atoms with Crippen LogP contribution in [0.2, 0.25) is 0 Å². The lowest BCUT2D eigenvalue weighted by molar-refractivity contribution is -0.136. The second-order valence-corrected chi connectivity index (χ2v) is 16.9. The van der Waals surface area contributed by atoms with Crippen LogP contribution in [0.5, 0.6) is 0 Å². The zero-order valence-electron chi connectivity index (χ0n) is 34.7. The van der Waals surface area contributed by atoms with Crippen LogP contribution in [0.1, 0.15) is 88.0 Å². The number of thioether (sulfide) groups is 1. The van der Waals surface area contributed by atoms with Crippen molar-refractivity contribution in [3.8, 4) is 0 Å². The van der Waals surface area contributed by atoms with Crippen LogP contribution in [0, 0.1) is 5.92 Å².